The zero-order valence-electron chi connectivity index (χ0n) is 9.68. The maximum atomic E-state index is 11.7. The Labute approximate surface area is 104 Å². The molecule has 1 atom stereocenters. The number of carbonyl (C=O) groups excluding carboxylic acids is 1. The third kappa shape index (κ3) is 2.13. The highest BCUT2D eigenvalue weighted by Crippen LogP contribution is 2.25. The van der Waals surface area contributed by atoms with Crippen molar-refractivity contribution < 1.29 is 9.53 Å². The van der Waals surface area contributed by atoms with Crippen LogP contribution < -0.4 is 0 Å². The highest BCUT2D eigenvalue weighted by molar-refractivity contribution is 6.34. The predicted molar refractivity (Wildman–Crippen MR) is 66.1 cm³/mol. The molecule has 0 aromatic carbocycles. The van der Waals surface area contributed by atoms with Gasteiger partial charge in [-0.25, -0.2) is 9.78 Å². The van der Waals surface area contributed by atoms with Crippen molar-refractivity contribution in [3.05, 3.63) is 29.7 Å². The van der Waals surface area contributed by atoms with Crippen LogP contribution in [-0.4, -0.2) is 22.1 Å². The van der Waals surface area contributed by atoms with Gasteiger partial charge in [-0.05, 0) is 26.0 Å². The van der Waals surface area contributed by atoms with Crippen molar-refractivity contribution in [2.45, 2.75) is 19.9 Å². The number of hydrogen-bond donors (Lipinski definition) is 0. The van der Waals surface area contributed by atoms with E-state index < -0.39 is 0 Å². The van der Waals surface area contributed by atoms with Crippen molar-refractivity contribution >= 4 is 28.5 Å². The van der Waals surface area contributed by atoms with Crippen molar-refractivity contribution in [2.24, 2.45) is 0 Å². The lowest BCUT2D eigenvalue weighted by molar-refractivity contribution is -0.146. The summed E-state index contributed by atoms with van der Waals surface area (Å²) in [5, 5.41) is 1.28. The van der Waals surface area contributed by atoms with Gasteiger partial charge in [0, 0.05) is 17.8 Å². The second kappa shape index (κ2) is 4.75. The quantitative estimate of drug-likeness (QED) is 0.623. The number of ether oxygens (including phenoxy) is 1. The predicted octanol–water partition coefficient (Wildman–Crippen LogP) is 2.81. The number of halogens is 1. The van der Waals surface area contributed by atoms with E-state index in [4.69, 9.17) is 16.3 Å². The van der Waals surface area contributed by atoms with Crippen LogP contribution in [0.2, 0.25) is 5.15 Å². The van der Waals surface area contributed by atoms with E-state index in [1.165, 1.54) is 0 Å². The van der Waals surface area contributed by atoms with Crippen LogP contribution in [0.4, 0.5) is 0 Å². The van der Waals surface area contributed by atoms with E-state index in [1.807, 2.05) is 22.9 Å². The molecule has 0 N–H and O–H groups in total. The van der Waals surface area contributed by atoms with Crippen LogP contribution in [0.3, 0.4) is 0 Å². The van der Waals surface area contributed by atoms with Gasteiger partial charge in [-0.15, -0.1) is 0 Å². The second-order valence-electron chi connectivity index (χ2n) is 3.69. The molecule has 0 bridgehead atoms. The fourth-order valence-corrected chi connectivity index (χ4v) is 1.98. The standard InChI is InChI=1S/C12H13ClN2O2/c1-3-17-12(16)8(2)15-7-5-9-10(15)4-6-14-11(9)13/h4-8H,3H2,1-2H3. The van der Waals surface area contributed by atoms with Gasteiger partial charge in [-0.2, -0.15) is 0 Å². The summed E-state index contributed by atoms with van der Waals surface area (Å²) < 4.78 is 6.83. The number of fused-ring (bicyclic) bond motifs is 1. The summed E-state index contributed by atoms with van der Waals surface area (Å²) in [5.41, 5.74) is 0.880. The van der Waals surface area contributed by atoms with Gasteiger partial charge in [0.1, 0.15) is 11.2 Å². The summed E-state index contributed by atoms with van der Waals surface area (Å²) in [5.74, 6) is -0.252. The molecule has 0 radical (unpaired) electrons. The van der Waals surface area contributed by atoms with Crippen LogP contribution in [0.1, 0.15) is 19.9 Å². The molecule has 0 saturated carbocycles. The molecule has 2 rings (SSSR count). The Kier molecular flexibility index (Phi) is 3.33. The second-order valence-corrected chi connectivity index (χ2v) is 4.04. The van der Waals surface area contributed by atoms with Crippen LogP contribution in [0.15, 0.2) is 24.5 Å². The van der Waals surface area contributed by atoms with E-state index in [1.54, 1.807) is 20.0 Å². The monoisotopic (exact) mass is 252 g/mol. The van der Waals surface area contributed by atoms with Gasteiger partial charge >= 0.3 is 5.97 Å². The smallest absolute Gasteiger partial charge is 0.328 e. The number of hydrogen-bond acceptors (Lipinski definition) is 3. The summed E-state index contributed by atoms with van der Waals surface area (Å²) in [7, 11) is 0. The fourth-order valence-electron chi connectivity index (χ4n) is 1.77. The zero-order valence-corrected chi connectivity index (χ0v) is 10.4. The van der Waals surface area contributed by atoms with E-state index in [0.29, 0.717) is 11.8 Å². The normalized spacial score (nSPS) is 12.6. The topological polar surface area (TPSA) is 44.1 Å². The molecule has 5 heteroatoms. The Morgan fingerprint density at radius 1 is 1.59 bits per heavy atom. The number of pyridine rings is 1. The average Bonchev–Trinajstić information content (AvgIpc) is 2.73. The molecular formula is C12H13ClN2O2. The Bertz CT molecular complexity index is 550. The number of aromatic nitrogens is 2. The number of esters is 1. The van der Waals surface area contributed by atoms with Gasteiger partial charge < -0.3 is 9.30 Å². The maximum absolute atomic E-state index is 11.7. The van der Waals surface area contributed by atoms with Gasteiger partial charge in [-0.1, -0.05) is 11.6 Å². The lowest BCUT2D eigenvalue weighted by Gasteiger charge is -2.13. The molecule has 0 aliphatic heterocycles. The Morgan fingerprint density at radius 2 is 2.35 bits per heavy atom. The first-order valence-corrected chi connectivity index (χ1v) is 5.80. The molecular weight excluding hydrogens is 240 g/mol. The first-order valence-electron chi connectivity index (χ1n) is 5.42. The largest absolute Gasteiger partial charge is 0.464 e. The lowest BCUT2D eigenvalue weighted by Crippen LogP contribution is -2.18. The first kappa shape index (κ1) is 11.9. The summed E-state index contributed by atoms with van der Waals surface area (Å²) in [6.07, 6.45) is 3.44. The van der Waals surface area contributed by atoms with Gasteiger partial charge in [0.15, 0.2) is 0 Å². The molecule has 0 saturated heterocycles. The molecule has 2 heterocycles. The van der Waals surface area contributed by atoms with Crippen LogP contribution in [0.5, 0.6) is 0 Å². The highest BCUT2D eigenvalue weighted by Gasteiger charge is 2.18. The zero-order chi connectivity index (χ0) is 12.4. The molecule has 0 aliphatic carbocycles. The molecule has 0 amide bonds. The molecule has 90 valence electrons. The third-order valence-corrected chi connectivity index (χ3v) is 2.94. The summed E-state index contributed by atoms with van der Waals surface area (Å²) in [4.78, 5) is 15.7. The van der Waals surface area contributed by atoms with Gasteiger partial charge in [0.05, 0.1) is 12.1 Å². The molecule has 1 unspecified atom stereocenters. The summed E-state index contributed by atoms with van der Waals surface area (Å²) in [6, 6.07) is 3.31. The molecule has 0 fully saturated rings. The summed E-state index contributed by atoms with van der Waals surface area (Å²) in [6.45, 7) is 3.97. The van der Waals surface area contributed by atoms with Crippen LogP contribution >= 0.6 is 11.6 Å². The third-order valence-electron chi connectivity index (χ3n) is 2.64. The van der Waals surface area contributed by atoms with Crippen molar-refractivity contribution in [1.29, 1.82) is 0 Å². The fraction of sp³-hybridized carbons (Fsp3) is 0.333. The van der Waals surface area contributed by atoms with Crippen LogP contribution in [-0.2, 0) is 9.53 Å². The molecule has 2 aromatic rings. The minimum Gasteiger partial charge on any atom is -0.464 e. The van der Waals surface area contributed by atoms with Crippen LogP contribution in [0.25, 0.3) is 10.9 Å². The molecule has 2 aromatic heterocycles. The SMILES string of the molecule is CCOC(=O)C(C)n1ccc2c(Cl)nccc21. The Morgan fingerprint density at radius 3 is 3.06 bits per heavy atom. The highest BCUT2D eigenvalue weighted by atomic mass is 35.5. The first-order chi connectivity index (χ1) is 8.15. The van der Waals surface area contributed by atoms with E-state index in [2.05, 4.69) is 4.98 Å². The van der Waals surface area contributed by atoms with Gasteiger partial charge in [0.2, 0.25) is 0 Å². The van der Waals surface area contributed by atoms with Crippen molar-refractivity contribution in [3.63, 3.8) is 0 Å². The van der Waals surface area contributed by atoms with Crippen molar-refractivity contribution in [3.8, 4) is 0 Å². The Hall–Kier alpha value is -1.55. The summed E-state index contributed by atoms with van der Waals surface area (Å²) >= 11 is 5.98. The maximum Gasteiger partial charge on any atom is 0.328 e. The number of carbonyl (C=O) groups is 1. The number of rotatable bonds is 3. The number of nitrogens with zero attached hydrogens (tertiary/aromatic N) is 2. The minimum atomic E-state index is -0.370. The molecule has 0 aliphatic rings. The average molecular weight is 253 g/mol. The lowest BCUT2D eigenvalue weighted by atomic mass is 10.3. The van der Waals surface area contributed by atoms with Gasteiger partial charge in [0.25, 0.3) is 0 Å². The van der Waals surface area contributed by atoms with Crippen molar-refractivity contribution in [1.82, 2.24) is 9.55 Å². The van der Waals surface area contributed by atoms with Gasteiger partial charge in [-0.3, -0.25) is 0 Å². The Balaban J connectivity index is 2.42. The van der Waals surface area contributed by atoms with E-state index >= 15 is 0 Å². The molecule has 0 spiro atoms. The van der Waals surface area contributed by atoms with Crippen molar-refractivity contribution in [2.75, 3.05) is 6.61 Å². The minimum absolute atomic E-state index is 0.252. The van der Waals surface area contributed by atoms with E-state index in [0.717, 1.165) is 10.9 Å². The molecule has 17 heavy (non-hydrogen) atoms. The van der Waals surface area contributed by atoms with Crippen LogP contribution in [0, 0.1) is 0 Å². The molecule has 4 nitrogen and oxygen atoms in total. The van der Waals surface area contributed by atoms with E-state index in [-0.39, 0.29) is 12.0 Å². The van der Waals surface area contributed by atoms with E-state index in [9.17, 15) is 4.79 Å².